The molecule has 2 aromatic heterocycles. The first-order chi connectivity index (χ1) is 19.1. The number of fused-ring (bicyclic) bond motifs is 1. The maximum atomic E-state index is 12.4. The molecule has 0 bridgehead atoms. The van der Waals surface area contributed by atoms with E-state index in [4.69, 9.17) is 23.2 Å². The Morgan fingerprint density at radius 2 is 1.82 bits per heavy atom. The molecule has 3 N–H and O–H groups in total. The number of aromatic nitrogens is 2. The van der Waals surface area contributed by atoms with Crippen LogP contribution in [0.5, 0.6) is 0 Å². The number of nitrogens with zero attached hydrogens (tertiary/aromatic N) is 2. The van der Waals surface area contributed by atoms with E-state index in [2.05, 4.69) is 24.9 Å². The second-order valence-electron chi connectivity index (χ2n) is 11.0. The number of H-pyrrole nitrogens is 1. The maximum absolute atomic E-state index is 12.4. The molecule has 1 aromatic carbocycles. The number of piperidine rings is 1. The number of anilines is 1. The number of nitrogens with one attached hydrogen (secondary N) is 3. The molecule has 3 aromatic rings. The van der Waals surface area contributed by atoms with Gasteiger partial charge in [-0.3, -0.25) is 9.52 Å². The monoisotopic (exact) mass is 603 g/mol. The van der Waals surface area contributed by atoms with Gasteiger partial charge in [0.25, 0.3) is 0 Å². The Kier molecular flexibility index (Phi) is 9.05. The smallest absolute Gasteiger partial charge is 0.244 e. The average molecular weight is 605 g/mol. The molecule has 1 aliphatic heterocycles. The zero-order chi connectivity index (χ0) is 28.3. The summed E-state index contributed by atoms with van der Waals surface area (Å²) in [5, 5.41) is 4.11. The van der Waals surface area contributed by atoms with Crippen LogP contribution in [0.1, 0.15) is 55.6 Å². The van der Waals surface area contributed by atoms with E-state index in [9.17, 15) is 13.2 Å². The predicted molar refractivity (Wildman–Crippen MR) is 162 cm³/mol. The van der Waals surface area contributed by atoms with Crippen molar-refractivity contribution in [3.63, 3.8) is 0 Å². The van der Waals surface area contributed by atoms with Crippen molar-refractivity contribution in [3.05, 3.63) is 63.8 Å². The largest absolute Gasteiger partial charge is 0.360 e. The van der Waals surface area contributed by atoms with Crippen molar-refractivity contribution < 1.29 is 13.2 Å². The first kappa shape index (κ1) is 28.9. The number of pyridine rings is 1. The Morgan fingerprint density at radius 1 is 1.07 bits per heavy atom. The molecule has 0 unspecified atom stereocenters. The number of hydrogen-bond acceptors (Lipinski definition) is 5. The average Bonchev–Trinajstić information content (AvgIpc) is 3.33. The zero-order valence-electron chi connectivity index (χ0n) is 22.5. The van der Waals surface area contributed by atoms with Crippen LogP contribution in [-0.2, 0) is 14.8 Å². The number of halogens is 2. The van der Waals surface area contributed by atoms with Gasteiger partial charge < -0.3 is 15.2 Å². The van der Waals surface area contributed by atoms with Gasteiger partial charge in [0.1, 0.15) is 5.82 Å². The van der Waals surface area contributed by atoms with Crippen molar-refractivity contribution in [2.24, 2.45) is 5.92 Å². The molecule has 2 fully saturated rings. The third kappa shape index (κ3) is 7.57. The van der Waals surface area contributed by atoms with Gasteiger partial charge in [0.05, 0.1) is 27.3 Å². The molecule has 1 aliphatic carbocycles. The van der Waals surface area contributed by atoms with Gasteiger partial charge in [-0.05, 0) is 105 Å². The standard InChI is InChI=1S/C29H35Cl2N5O3S/c1-40(38,39)35-27-10-9-26-29(34-27)23(17-32-26)21-12-14-36(15-13-21)18-20-2-6-22(7-3-20)33-28(37)11-5-19-4-8-24(30)25(31)16-19/h4-5,8-11,16-17,20-22,32H,2-3,6-7,12-15,18H2,1H3,(H,33,37)(H,34,35)/b11-5+. The summed E-state index contributed by atoms with van der Waals surface area (Å²) in [5.41, 5.74) is 3.77. The van der Waals surface area contributed by atoms with Gasteiger partial charge in [0.2, 0.25) is 15.9 Å². The minimum atomic E-state index is -3.37. The molecule has 0 radical (unpaired) electrons. The molecule has 0 spiro atoms. The summed E-state index contributed by atoms with van der Waals surface area (Å²) in [6, 6.07) is 9.07. The summed E-state index contributed by atoms with van der Waals surface area (Å²) in [7, 11) is -3.37. The zero-order valence-corrected chi connectivity index (χ0v) is 24.8. The third-order valence-corrected chi connectivity index (χ3v) is 9.27. The lowest BCUT2D eigenvalue weighted by Crippen LogP contribution is -2.41. The lowest BCUT2D eigenvalue weighted by atomic mass is 9.84. The van der Waals surface area contributed by atoms with Gasteiger partial charge in [-0.2, -0.15) is 0 Å². The van der Waals surface area contributed by atoms with Gasteiger partial charge in [0.15, 0.2) is 0 Å². The van der Waals surface area contributed by atoms with Crippen LogP contribution in [0, 0.1) is 5.92 Å². The summed E-state index contributed by atoms with van der Waals surface area (Å²) in [6.45, 7) is 3.17. The molecule has 11 heteroatoms. The van der Waals surface area contributed by atoms with Gasteiger partial charge in [0, 0.05) is 24.9 Å². The molecule has 0 atom stereocenters. The van der Waals surface area contributed by atoms with Crippen molar-refractivity contribution in [3.8, 4) is 0 Å². The second-order valence-corrected chi connectivity index (χ2v) is 13.6. The van der Waals surface area contributed by atoms with E-state index in [-0.39, 0.29) is 11.9 Å². The summed E-state index contributed by atoms with van der Waals surface area (Å²) in [6.07, 6.45) is 12.8. The van der Waals surface area contributed by atoms with Crippen LogP contribution in [0.3, 0.4) is 0 Å². The number of amides is 1. The number of likely N-dealkylation sites (tertiary alicyclic amines) is 1. The highest BCUT2D eigenvalue weighted by atomic mass is 35.5. The molecular formula is C29H35Cl2N5O3S. The van der Waals surface area contributed by atoms with E-state index >= 15 is 0 Å². The number of aromatic amines is 1. The Hall–Kier alpha value is -2.59. The van der Waals surface area contributed by atoms with Crippen molar-refractivity contribution in [1.29, 1.82) is 0 Å². The molecule has 2 aliphatic rings. The van der Waals surface area contributed by atoms with Gasteiger partial charge in [-0.1, -0.05) is 29.3 Å². The van der Waals surface area contributed by atoms with Crippen molar-refractivity contribution in [1.82, 2.24) is 20.2 Å². The van der Waals surface area contributed by atoms with Gasteiger partial charge in [-0.15, -0.1) is 0 Å². The number of sulfonamides is 1. The van der Waals surface area contributed by atoms with E-state index in [1.165, 1.54) is 0 Å². The second kappa shape index (κ2) is 12.5. The van der Waals surface area contributed by atoms with Crippen LogP contribution in [0.2, 0.25) is 10.0 Å². The minimum Gasteiger partial charge on any atom is -0.360 e. The lowest BCUT2D eigenvalue weighted by molar-refractivity contribution is -0.117. The molecule has 3 heterocycles. The maximum Gasteiger partial charge on any atom is 0.244 e. The summed E-state index contributed by atoms with van der Waals surface area (Å²) >= 11 is 12.0. The molecule has 1 amide bonds. The Bertz CT molecular complexity index is 1490. The highest BCUT2D eigenvalue weighted by molar-refractivity contribution is 7.92. The van der Waals surface area contributed by atoms with Crippen LogP contribution in [0.15, 0.2) is 42.6 Å². The number of hydrogen-bond donors (Lipinski definition) is 3. The summed E-state index contributed by atoms with van der Waals surface area (Å²) < 4.78 is 25.7. The van der Waals surface area contributed by atoms with E-state index in [1.807, 2.05) is 18.3 Å². The SMILES string of the molecule is CS(=O)(=O)Nc1ccc2[nH]cc(C3CCN(CC4CCC(NC(=O)/C=C/c5ccc(Cl)c(Cl)c5)CC4)CC3)c2n1. The molecule has 40 heavy (non-hydrogen) atoms. The van der Waals surface area contributed by atoms with Crippen LogP contribution in [0.4, 0.5) is 5.82 Å². The number of carbonyl (C=O) groups excluding carboxylic acids is 1. The molecule has 1 saturated carbocycles. The fourth-order valence-electron chi connectivity index (χ4n) is 5.90. The highest BCUT2D eigenvalue weighted by Gasteiger charge is 2.27. The van der Waals surface area contributed by atoms with Crippen molar-refractivity contribution >= 4 is 62.1 Å². The molecule has 5 rings (SSSR count). The number of carbonyl (C=O) groups is 1. The Balaban J connectivity index is 1.06. The van der Waals surface area contributed by atoms with Gasteiger partial charge >= 0.3 is 0 Å². The van der Waals surface area contributed by atoms with Crippen LogP contribution < -0.4 is 10.0 Å². The quantitative estimate of drug-likeness (QED) is 0.282. The Labute approximate surface area is 245 Å². The molecule has 1 saturated heterocycles. The topological polar surface area (TPSA) is 107 Å². The number of benzene rings is 1. The molecular weight excluding hydrogens is 569 g/mol. The highest BCUT2D eigenvalue weighted by Crippen LogP contribution is 2.34. The molecule has 8 nitrogen and oxygen atoms in total. The van der Waals surface area contributed by atoms with E-state index in [1.54, 1.807) is 30.4 Å². The lowest BCUT2D eigenvalue weighted by Gasteiger charge is -2.36. The van der Waals surface area contributed by atoms with Crippen LogP contribution in [-0.4, -0.2) is 61.1 Å². The fraction of sp³-hybridized carbons (Fsp3) is 0.448. The van der Waals surface area contributed by atoms with Crippen molar-refractivity contribution in [2.75, 3.05) is 30.6 Å². The minimum absolute atomic E-state index is 0.0809. The van der Waals surface area contributed by atoms with Gasteiger partial charge in [-0.25, -0.2) is 13.4 Å². The first-order valence-corrected chi connectivity index (χ1v) is 16.4. The van der Waals surface area contributed by atoms with Crippen LogP contribution in [0.25, 0.3) is 17.1 Å². The Morgan fingerprint density at radius 3 is 2.52 bits per heavy atom. The first-order valence-electron chi connectivity index (χ1n) is 13.7. The predicted octanol–water partition coefficient (Wildman–Crippen LogP) is 5.81. The van der Waals surface area contributed by atoms with E-state index in [0.29, 0.717) is 27.7 Å². The van der Waals surface area contributed by atoms with E-state index < -0.39 is 10.0 Å². The normalized spacial score (nSPS) is 21.2. The number of rotatable bonds is 8. The van der Waals surface area contributed by atoms with Crippen LogP contribution >= 0.6 is 23.2 Å². The summed E-state index contributed by atoms with van der Waals surface area (Å²) in [4.78, 5) is 22.9. The fourth-order valence-corrected chi connectivity index (χ4v) is 6.70. The third-order valence-electron chi connectivity index (χ3n) is 7.95. The summed E-state index contributed by atoms with van der Waals surface area (Å²) in [5.74, 6) is 1.31. The van der Waals surface area contributed by atoms with E-state index in [0.717, 1.165) is 86.6 Å². The molecule has 214 valence electrons. The van der Waals surface area contributed by atoms with Crippen molar-refractivity contribution in [2.45, 2.75) is 50.5 Å².